The minimum atomic E-state index is 0.0386. The van der Waals surface area contributed by atoms with Crippen molar-refractivity contribution in [1.29, 1.82) is 0 Å². The van der Waals surface area contributed by atoms with Crippen molar-refractivity contribution in [3.05, 3.63) is 10.6 Å². The van der Waals surface area contributed by atoms with Gasteiger partial charge in [0.2, 0.25) is 0 Å². The normalized spacial score (nSPS) is 14.5. The third kappa shape index (κ3) is 9.28. The zero-order valence-electron chi connectivity index (χ0n) is 11.1. The van der Waals surface area contributed by atoms with Crippen LogP contribution in [0.3, 0.4) is 0 Å². The van der Waals surface area contributed by atoms with Crippen molar-refractivity contribution >= 4 is 33.5 Å². The van der Waals surface area contributed by atoms with Crippen LogP contribution in [0.2, 0.25) is 0 Å². The molecule has 4 heteroatoms. The molecule has 0 rings (SSSR count). The number of rotatable bonds is 4. The third-order valence-electron chi connectivity index (χ3n) is 1.48. The minimum Gasteiger partial charge on any atom is -0.366 e. The van der Waals surface area contributed by atoms with Crippen LogP contribution in [-0.4, -0.2) is 29.4 Å². The number of halogens is 1. The Morgan fingerprint density at radius 3 is 2.38 bits per heavy atom. The molecule has 0 fully saturated rings. The predicted octanol–water partition coefficient (Wildman–Crippen LogP) is 3.82. The van der Waals surface area contributed by atoms with Crippen LogP contribution in [0.15, 0.2) is 15.6 Å². The first-order chi connectivity index (χ1) is 7.24. The monoisotopic (exact) mass is 306 g/mol. The van der Waals surface area contributed by atoms with Gasteiger partial charge in [0.15, 0.2) is 0 Å². The maximum absolute atomic E-state index is 4.57. The van der Waals surface area contributed by atoms with Crippen LogP contribution in [0.1, 0.15) is 34.6 Å². The van der Waals surface area contributed by atoms with E-state index in [0.29, 0.717) is 6.04 Å². The Labute approximate surface area is 112 Å². The maximum Gasteiger partial charge on any atom is 0.122 e. The van der Waals surface area contributed by atoms with Gasteiger partial charge in [-0.1, -0.05) is 15.9 Å². The molecule has 0 atom stereocenters. The summed E-state index contributed by atoms with van der Waals surface area (Å²) in [4.78, 5) is 4.57. The molecule has 0 aliphatic rings. The first kappa shape index (κ1) is 16.0. The van der Waals surface area contributed by atoms with Crippen LogP contribution in [0.25, 0.3) is 0 Å². The Balaban J connectivity index is 4.76. The summed E-state index contributed by atoms with van der Waals surface area (Å²) in [6.07, 6.45) is 4.16. The second-order valence-corrected chi connectivity index (χ2v) is 6.89. The molecule has 0 aliphatic heterocycles. The molecule has 0 bridgehead atoms. The maximum atomic E-state index is 4.57. The van der Waals surface area contributed by atoms with Gasteiger partial charge < -0.3 is 5.32 Å². The van der Waals surface area contributed by atoms with Crippen LogP contribution < -0.4 is 5.32 Å². The molecule has 2 nitrogen and oxygen atoms in total. The van der Waals surface area contributed by atoms with E-state index in [1.807, 2.05) is 0 Å². The quantitative estimate of drug-likeness (QED) is 0.630. The van der Waals surface area contributed by atoms with E-state index in [0.717, 1.165) is 16.1 Å². The Bertz CT molecular complexity index is 265. The average Bonchev–Trinajstić information content (AvgIpc) is 1.98. The molecule has 0 radical (unpaired) electrons. The Kier molecular flexibility index (Phi) is 7.40. The summed E-state index contributed by atoms with van der Waals surface area (Å²) in [5, 5.41) is 3.41. The highest BCUT2D eigenvalue weighted by molar-refractivity contribution is 9.11. The van der Waals surface area contributed by atoms with Crippen LogP contribution in [0.4, 0.5) is 0 Å². The largest absolute Gasteiger partial charge is 0.366 e. The number of hydrogen-bond donors (Lipinski definition) is 1. The predicted molar refractivity (Wildman–Crippen MR) is 80.9 cm³/mol. The van der Waals surface area contributed by atoms with Gasteiger partial charge in [-0.15, -0.1) is 0 Å². The molecule has 16 heavy (non-hydrogen) atoms. The highest BCUT2D eigenvalue weighted by atomic mass is 79.9. The average molecular weight is 307 g/mol. The highest BCUT2D eigenvalue weighted by Gasteiger charge is 2.11. The Morgan fingerprint density at radius 2 is 2.00 bits per heavy atom. The van der Waals surface area contributed by atoms with Gasteiger partial charge in [-0.05, 0) is 47.0 Å². The van der Waals surface area contributed by atoms with Crippen molar-refractivity contribution in [2.45, 2.75) is 46.2 Å². The van der Waals surface area contributed by atoms with E-state index in [-0.39, 0.29) is 5.54 Å². The van der Waals surface area contributed by atoms with Gasteiger partial charge in [0, 0.05) is 21.8 Å². The zero-order valence-corrected chi connectivity index (χ0v) is 13.5. The van der Waals surface area contributed by atoms with Crippen LogP contribution in [-0.2, 0) is 0 Å². The first-order valence-corrected chi connectivity index (χ1v) is 7.64. The van der Waals surface area contributed by atoms with Gasteiger partial charge in [-0.3, -0.25) is 4.99 Å². The Morgan fingerprint density at radius 1 is 1.44 bits per heavy atom. The molecule has 0 saturated carbocycles. The van der Waals surface area contributed by atoms with E-state index in [1.165, 1.54) is 0 Å². The van der Waals surface area contributed by atoms with Crippen molar-refractivity contribution in [3.63, 3.8) is 0 Å². The number of nitrogens with zero attached hydrogens (tertiary/aromatic N) is 1. The van der Waals surface area contributed by atoms with Crippen LogP contribution in [0.5, 0.6) is 0 Å². The lowest BCUT2D eigenvalue weighted by Crippen LogP contribution is -2.40. The zero-order chi connectivity index (χ0) is 12.8. The number of nitrogens with one attached hydrogen (secondary N) is 1. The Hall–Kier alpha value is 0.0400. The lowest BCUT2D eigenvalue weighted by molar-refractivity contribution is 0.510. The molecular weight excluding hydrogens is 284 g/mol. The summed E-state index contributed by atoms with van der Waals surface area (Å²) in [5.74, 6) is 1.92. The topological polar surface area (TPSA) is 24.4 Å². The fraction of sp³-hybridized carbons (Fsp3) is 0.750. The molecule has 0 aliphatic carbocycles. The summed E-state index contributed by atoms with van der Waals surface area (Å²) in [7, 11) is 0. The van der Waals surface area contributed by atoms with Crippen molar-refractivity contribution in [2.75, 3.05) is 12.0 Å². The second-order valence-electron chi connectivity index (χ2n) is 5.01. The van der Waals surface area contributed by atoms with Gasteiger partial charge in [0.05, 0.1) is 0 Å². The summed E-state index contributed by atoms with van der Waals surface area (Å²) < 4.78 is 1.16. The molecule has 0 aromatic carbocycles. The highest BCUT2D eigenvalue weighted by Crippen LogP contribution is 2.12. The van der Waals surface area contributed by atoms with Crippen molar-refractivity contribution in [2.24, 2.45) is 4.99 Å². The molecule has 0 saturated heterocycles. The molecule has 0 heterocycles. The lowest BCUT2D eigenvalue weighted by Gasteiger charge is -2.22. The van der Waals surface area contributed by atoms with Crippen LogP contribution in [0, 0.1) is 0 Å². The molecule has 94 valence electrons. The van der Waals surface area contributed by atoms with Gasteiger partial charge in [0.1, 0.15) is 5.84 Å². The molecular formula is C12H23BrN2S. The standard InChI is InChI=1S/C12H23BrN2S/c1-9(2)14-11(15-12(3,4)5)7-10(13)8-16-6/h7,9H,8H2,1-6H3,(H,14,15)/b10-7+. The van der Waals surface area contributed by atoms with Gasteiger partial charge in [-0.25, -0.2) is 0 Å². The smallest absolute Gasteiger partial charge is 0.122 e. The summed E-state index contributed by atoms with van der Waals surface area (Å²) >= 11 is 5.35. The fourth-order valence-corrected chi connectivity index (χ4v) is 2.36. The van der Waals surface area contributed by atoms with E-state index < -0.39 is 0 Å². The van der Waals surface area contributed by atoms with E-state index in [4.69, 9.17) is 0 Å². The van der Waals surface area contributed by atoms with Gasteiger partial charge >= 0.3 is 0 Å². The first-order valence-electron chi connectivity index (χ1n) is 5.45. The van der Waals surface area contributed by atoms with E-state index in [1.54, 1.807) is 11.8 Å². The third-order valence-corrected chi connectivity index (χ3v) is 2.96. The number of aliphatic imine (C=N–C) groups is 1. The number of amidine groups is 1. The fourth-order valence-electron chi connectivity index (χ4n) is 1.10. The van der Waals surface area contributed by atoms with E-state index >= 15 is 0 Å². The molecule has 0 unspecified atom stereocenters. The van der Waals surface area contributed by atoms with Crippen molar-refractivity contribution in [3.8, 4) is 0 Å². The molecule has 0 amide bonds. The van der Waals surface area contributed by atoms with E-state index in [9.17, 15) is 0 Å². The van der Waals surface area contributed by atoms with Crippen molar-refractivity contribution < 1.29 is 0 Å². The summed E-state index contributed by atoms with van der Waals surface area (Å²) in [6.45, 7) is 10.6. The van der Waals surface area contributed by atoms with Gasteiger partial charge in [-0.2, -0.15) is 11.8 Å². The van der Waals surface area contributed by atoms with E-state index in [2.05, 4.69) is 73.2 Å². The minimum absolute atomic E-state index is 0.0386. The SMILES string of the molecule is CSC/C(Br)=C\C(=N/C(C)C)NC(C)(C)C. The van der Waals surface area contributed by atoms with Crippen molar-refractivity contribution in [1.82, 2.24) is 5.32 Å². The molecule has 0 aromatic rings. The summed E-state index contributed by atoms with van der Waals surface area (Å²) in [6, 6.07) is 0.302. The molecule has 0 aromatic heterocycles. The lowest BCUT2D eigenvalue weighted by atomic mass is 10.1. The molecule has 1 N–H and O–H groups in total. The summed E-state index contributed by atoms with van der Waals surface area (Å²) in [5.41, 5.74) is 0.0386. The van der Waals surface area contributed by atoms with Gasteiger partial charge in [0.25, 0.3) is 0 Å². The van der Waals surface area contributed by atoms with Crippen LogP contribution >= 0.6 is 27.7 Å². The second kappa shape index (κ2) is 7.38. The number of hydrogen-bond acceptors (Lipinski definition) is 2. The number of thioether (sulfide) groups is 1. The molecule has 0 spiro atoms.